The molecule has 34 heavy (non-hydrogen) atoms. The summed E-state index contributed by atoms with van der Waals surface area (Å²) in [5, 5.41) is 3.83. The van der Waals surface area contributed by atoms with E-state index in [1.54, 1.807) is 35.2 Å². The lowest BCUT2D eigenvalue weighted by Gasteiger charge is -2.43. The van der Waals surface area contributed by atoms with Crippen LogP contribution in [0.25, 0.3) is 11.1 Å². The average molecular weight is 479 g/mol. The molecule has 0 N–H and O–H groups in total. The third-order valence-corrected chi connectivity index (χ3v) is 8.26. The van der Waals surface area contributed by atoms with Crippen LogP contribution < -0.4 is 9.80 Å². The maximum absolute atomic E-state index is 13.2. The number of nitrogens with zero attached hydrogens (tertiary/aromatic N) is 4. The highest BCUT2D eigenvalue weighted by Crippen LogP contribution is 2.41. The summed E-state index contributed by atoms with van der Waals surface area (Å²) in [6.45, 7) is 3.95. The molecular weight excluding hydrogens is 452 g/mol. The molecule has 1 aliphatic carbocycles. The zero-order valence-electron chi connectivity index (χ0n) is 19.1. The Balaban J connectivity index is 1.53. The molecule has 0 bridgehead atoms. The molecule has 2 aromatic carbocycles. The number of rotatable bonds is 4. The van der Waals surface area contributed by atoms with Gasteiger partial charge in [0, 0.05) is 25.6 Å². The highest BCUT2D eigenvalue weighted by atomic mass is 32.2. The minimum atomic E-state index is -3.75. The minimum Gasteiger partial charge on any atom is -0.308 e. The van der Waals surface area contributed by atoms with Crippen LogP contribution in [0.1, 0.15) is 33.1 Å². The lowest BCUT2D eigenvalue weighted by molar-refractivity contribution is -0.125. The van der Waals surface area contributed by atoms with Crippen molar-refractivity contribution in [3.05, 3.63) is 60.9 Å². The van der Waals surface area contributed by atoms with Crippen molar-refractivity contribution in [3.8, 4) is 11.1 Å². The average Bonchev–Trinajstić information content (AvgIpc) is 3.33. The van der Waals surface area contributed by atoms with E-state index >= 15 is 0 Å². The molecule has 1 aliphatic heterocycles. The van der Waals surface area contributed by atoms with Crippen molar-refractivity contribution in [1.29, 1.82) is 0 Å². The Bertz CT molecular complexity index is 1350. The van der Waals surface area contributed by atoms with E-state index in [4.69, 9.17) is 0 Å². The fourth-order valence-corrected chi connectivity index (χ4v) is 5.80. The number of fused-ring (bicyclic) bond motifs is 1. The molecule has 1 fully saturated rings. The first kappa shape index (κ1) is 22.3. The molecule has 5 rings (SSSR count). The number of benzene rings is 2. The predicted octanol–water partition coefficient (Wildman–Crippen LogP) is 3.68. The second-order valence-corrected chi connectivity index (χ2v) is 10.7. The molecule has 0 spiro atoms. The standard InChI is InChI=1S/C25H26N4O4S/c1-17-16-27(25(31)20-5-3-6-20)24-15-21(9-12-23(24)29(17)18(2)30)19-7-10-22(11-8-19)34(32,33)28-14-4-13-26-28/h4,7-15,17,20H,3,5-6,16H2,1-2H3. The quantitative estimate of drug-likeness (QED) is 0.570. The third kappa shape index (κ3) is 3.69. The van der Waals surface area contributed by atoms with Crippen molar-refractivity contribution in [2.75, 3.05) is 16.3 Å². The molecule has 1 unspecified atom stereocenters. The molecule has 2 amide bonds. The Morgan fingerprint density at radius 1 is 1.00 bits per heavy atom. The third-order valence-electron chi connectivity index (χ3n) is 6.68. The van der Waals surface area contributed by atoms with Gasteiger partial charge >= 0.3 is 0 Å². The van der Waals surface area contributed by atoms with Crippen LogP contribution >= 0.6 is 0 Å². The Morgan fingerprint density at radius 2 is 1.71 bits per heavy atom. The van der Waals surface area contributed by atoms with Crippen molar-refractivity contribution in [2.24, 2.45) is 5.92 Å². The number of hydrogen-bond acceptors (Lipinski definition) is 5. The number of carbonyl (C=O) groups is 2. The molecule has 9 heteroatoms. The number of amides is 2. The monoisotopic (exact) mass is 478 g/mol. The van der Waals surface area contributed by atoms with Crippen molar-refractivity contribution >= 4 is 33.2 Å². The maximum Gasteiger partial charge on any atom is 0.282 e. The van der Waals surface area contributed by atoms with Crippen LogP contribution in [0.4, 0.5) is 11.4 Å². The van der Waals surface area contributed by atoms with Crippen LogP contribution in [0.3, 0.4) is 0 Å². The normalized spacial score (nSPS) is 18.4. The first-order chi connectivity index (χ1) is 16.3. The van der Waals surface area contributed by atoms with Crippen LogP contribution in [0, 0.1) is 5.92 Å². The molecule has 8 nitrogen and oxygen atoms in total. The molecule has 0 radical (unpaired) electrons. The van der Waals surface area contributed by atoms with E-state index in [9.17, 15) is 18.0 Å². The van der Waals surface area contributed by atoms with Gasteiger partial charge in [-0.1, -0.05) is 24.6 Å². The smallest absolute Gasteiger partial charge is 0.282 e. The summed E-state index contributed by atoms with van der Waals surface area (Å²) in [4.78, 5) is 29.3. The number of hydrogen-bond donors (Lipinski definition) is 0. The zero-order valence-corrected chi connectivity index (χ0v) is 19.9. The Labute approximate surface area is 198 Å². The number of carbonyl (C=O) groups excluding carboxylic acids is 2. The fraction of sp³-hybridized carbons (Fsp3) is 0.320. The summed E-state index contributed by atoms with van der Waals surface area (Å²) in [6, 6.07) is 13.7. The van der Waals surface area contributed by atoms with Gasteiger partial charge in [-0.3, -0.25) is 9.59 Å². The topological polar surface area (TPSA) is 92.6 Å². The highest BCUT2D eigenvalue weighted by Gasteiger charge is 2.37. The van der Waals surface area contributed by atoms with Gasteiger partial charge in [0.25, 0.3) is 10.0 Å². The van der Waals surface area contributed by atoms with Gasteiger partial charge in [0.15, 0.2) is 0 Å². The highest BCUT2D eigenvalue weighted by molar-refractivity contribution is 7.89. The van der Waals surface area contributed by atoms with Gasteiger partial charge in [-0.2, -0.15) is 17.6 Å². The Hall–Kier alpha value is -3.46. The summed E-state index contributed by atoms with van der Waals surface area (Å²) >= 11 is 0. The van der Waals surface area contributed by atoms with Crippen LogP contribution in [0.15, 0.2) is 65.8 Å². The summed E-state index contributed by atoms with van der Waals surface area (Å²) < 4.78 is 26.3. The lowest BCUT2D eigenvalue weighted by atomic mass is 9.84. The van der Waals surface area contributed by atoms with Crippen molar-refractivity contribution in [2.45, 2.75) is 44.0 Å². The predicted molar refractivity (Wildman–Crippen MR) is 129 cm³/mol. The van der Waals surface area contributed by atoms with E-state index in [1.807, 2.05) is 30.0 Å². The van der Waals surface area contributed by atoms with Gasteiger partial charge in [-0.15, -0.1) is 0 Å². The van der Waals surface area contributed by atoms with E-state index in [0.29, 0.717) is 6.54 Å². The van der Waals surface area contributed by atoms with E-state index in [2.05, 4.69) is 5.10 Å². The maximum atomic E-state index is 13.2. The van der Waals surface area contributed by atoms with Gasteiger partial charge < -0.3 is 9.80 Å². The molecular formula is C25H26N4O4S. The minimum absolute atomic E-state index is 0.0411. The van der Waals surface area contributed by atoms with E-state index < -0.39 is 10.0 Å². The van der Waals surface area contributed by atoms with Gasteiger partial charge in [0.05, 0.1) is 28.5 Å². The summed E-state index contributed by atoms with van der Waals surface area (Å²) in [6.07, 6.45) is 5.69. The van der Waals surface area contributed by atoms with Crippen LogP contribution in [0.2, 0.25) is 0 Å². The molecule has 0 saturated heterocycles. The van der Waals surface area contributed by atoms with E-state index in [1.165, 1.54) is 19.3 Å². The molecule has 3 aromatic rings. The van der Waals surface area contributed by atoms with Crippen LogP contribution in [-0.2, 0) is 19.6 Å². The Kier molecular flexibility index (Phi) is 5.51. The van der Waals surface area contributed by atoms with E-state index in [0.717, 1.165) is 45.9 Å². The largest absolute Gasteiger partial charge is 0.308 e. The van der Waals surface area contributed by atoms with Crippen molar-refractivity contribution < 1.29 is 18.0 Å². The second kappa shape index (κ2) is 8.39. The molecule has 2 aliphatic rings. The van der Waals surface area contributed by atoms with Crippen molar-refractivity contribution in [3.63, 3.8) is 0 Å². The number of aromatic nitrogens is 2. The van der Waals surface area contributed by atoms with Gasteiger partial charge in [-0.25, -0.2) is 0 Å². The summed E-state index contributed by atoms with van der Waals surface area (Å²) in [5.41, 5.74) is 3.09. The zero-order chi connectivity index (χ0) is 24.0. The van der Waals surface area contributed by atoms with Gasteiger partial charge in [0.2, 0.25) is 11.8 Å². The summed E-state index contributed by atoms with van der Waals surface area (Å²) in [5.74, 6) is 0.0881. The fourth-order valence-electron chi connectivity index (χ4n) is 4.69. The van der Waals surface area contributed by atoms with Gasteiger partial charge in [-0.05, 0) is 61.2 Å². The van der Waals surface area contributed by atoms with Crippen LogP contribution in [0.5, 0.6) is 0 Å². The second-order valence-electron chi connectivity index (χ2n) is 8.93. The van der Waals surface area contributed by atoms with E-state index in [-0.39, 0.29) is 28.7 Å². The molecule has 1 atom stereocenters. The summed E-state index contributed by atoms with van der Waals surface area (Å²) in [7, 11) is -3.75. The SMILES string of the molecule is CC(=O)N1c2ccc(-c3ccc(S(=O)(=O)n4cccn4)cc3)cc2N(C(=O)C2CCC2)CC1C. The molecule has 1 aromatic heterocycles. The molecule has 1 saturated carbocycles. The Morgan fingerprint density at radius 3 is 2.29 bits per heavy atom. The number of anilines is 2. The first-order valence-electron chi connectivity index (χ1n) is 11.4. The van der Waals surface area contributed by atoms with Crippen LogP contribution in [-0.4, -0.2) is 42.0 Å². The molecule has 176 valence electrons. The van der Waals surface area contributed by atoms with Crippen molar-refractivity contribution in [1.82, 2.24) is 9.19 Å². The van der Waals surface area contributed by atoms with Gasteiger partial charge in [0.1, 0.15) is 0 Å². The lowest BCUT2D eigenvalue weighted by Crippen LogP contribution is -2.53. The first-order valence-corrected chi connectivity index (χ1v) is 12.8. The molecule has 2 heterocycles.